The maximum atomic E-state index is 13.2. The first kappa shape index (κ1) is 12.1. The summed E-state index contributed by atoms with van der Waals surface area (Å²) in [5.74, 6) is 0.323. The summed E-state index contributed by atoms with van der Waals surface area (Å²) in [6.45, 7) is 0. The Bertz CT molecular complexity index is 602. The van der Waals surface area contributed by atoms with E-state index in [0.717, 1.165) is 19.3 Å². The van der Waals surface area contributed by atoms with Crippen molar-refractivity contribution in [3.8, 4) is 11.5 Å². The van der Waals surface area contributed by atoms with Gasteiger partial charge in [-0.3, -0.25) is 0 Å². The van der Waals surface area contributed by atoms with Gasteiger partial charge in [0.05, 0.1) is 5.56 Å². The summed E-state index contributed by atoms with van der Waals surface area (Å²) in [6, 6.07) is 4.05. The number of hydrogen-bond acceptors (Lipinski definition) is 5. The zero-order valence-electron chi connectivity index (χ0n) is 10.5. The van der Waals surface area contributed by atoms with Gasteiger partial charge in [-0.2, -0.15) is 4.98 Å². The second kappa shape index (κ2) is 4.31. The molecule has 0 spiro atoms. The summed E-state index contributed by atoms with van der Waals surface area (Å²) in [4.78, 5) is 4.30. The van der Waals surface area contributed by atoms with Crippen LogP contribution in [0, 0.1) is 5.82 Å². The molecule has 2 N–H and O–H groups in total. The first-order valence-corrected chi connectivity index (χ1v) is 6.09. The van der Waals surface area contributed by atoms with E-state index in [1.54, 1.807) is 7.11 Å². The molecule has 3 rings (SSSR count). The fraction of sp³-hybridized carbons (Fsp3) is 0.385. The number of aromatic nitrogens is 2. The fourth-order valence-corrected chi connectivity index (χ4v) is 2.25. The van der Waals surface area contributed by atoms with E-state index in [4.69, 9.17) is 15.0 Å². The molecule has 1 aliphatic rings. The second-order valence-corrected chi connectivity index (χ2v) is 4.71. The molecule has 5 nitrogen and oxygen atoms in total. The Labute approximate surface area is 109 Å². The summed E-state index contributed by atoms with van der Waals surface area (Å²) in [6.07, 6.45) is 2.79. The van der Waals surface area contributed by atoms with Gasteiger partial charge in [0, 0.05) is 12.8 Å². The van der Waals surface area contributed by atoms with Gasteiger partial charge in [-0.1, -0.05) is 5.16 Å². The highest BCUT2D eigenvalue weighted by Gasteiger charge is 2.43. The lowest BCUT2D eigenvalue weighted by atomic mass is 9.79. The van der Waals surface area contributed by atoms with Crippen LogP contribution >= 0.6 is 0 Å². The SMILES string of the molecule is COC1(c2noc(-c3cc(F)ccc3N)n2)CCC1. The van der Waals surface area contributed by atoms with Crippen LogP contribution in [-0.2, 0) is 10.3 Å². The number of methoxy groups -OCH3 is 1. The van der Waals surface area contributed by atoms with E-state index >= 15 is 0 Å². The lowest BCUT2D eigenvalue weighted by molar-refractivity contribution is -0.0858. The summed E-state index contributed by atoms with van der Waals surface area (Å²) in [5, 5.41) is 3.94. The van der Waals surface area contributed by atoms with Crippen molar-refractivity contribution in [2.45, 2.75) is 24.9 Å². The summed E-state index contributed by atoms with van der Waals surface area (Å²) in [7, 11) is 1.63. The molecule has 1 fully saturated rings. The third kappa shape index (κ3) is 1.88. The van der Waals surface area contributed by atoms with Crippen LogP contribution < -0.4 is 5.73 Å². The van der Waals surface area contributed by atoms with E-state index in [1.165, 1.54) is 18.2 Å². The minimum absolute atomic E-state index is 0.218. The maximum absolute atomic E-state index is 13.2. The van der Waals surface area contributed by atoms with Gasteiger partial charge in [-0.25, -0.2) is 4.39 Å². The second-order valence-electron chi connectivity index (χ2n) is 4.71. The normalized spacial score (nSPS) is 17.2. The standard InChI is InChI=1S/C13H14FN3O2/c1-18-13(5-2-6-13)12-16-11(19-17-12)9-7-8(14)3-4-10(9)15/h3-4,7H,2,5-6,15H2,1H3. The highest BCUT2D eigenvalue weighted by molar-refractivity contribution is 5.70. The van der Waals surface area contributed by atoms with Gasteiger partial charge in [-0.05, 0) is 37.5 Å². The van der Waals surface area contributed by atoms with Crippen molar-refractivity contribution < 1.29 is 13.7 Å². The van der Waals surface area contributed by atoms with Crippen LogP contribution in [0.4, 0.5) is 10.1 Å². The van der Waals surface area contributed by atoms with Gasteiger partial charge in [0.25, 0.3) is 5.89 Å². The van der Waals surface area contributed by atoms with Crippen LogP contribution in [0.15, 0.2) is 22.7 Å². The van der Waals surface area contributed by atoms with Crippen LogP contribution in [0.25, 0.3) is 11.5 Å². The number of benzene rings is 1. The number of halogens is 1. The first-order valence-electron chi connectivity index (χ1n) is 6.09. The minimum atomic E-state index is -0.455. The summed E-state index contributed by atoms with van der Waals surface area (Å²) in [5.41, 5.74) is 6.15. The molecule has 0 saturated heterocycles. The molecule has 0 aliphatic heterocycles. The monoisotopic (exact) mass is 263 g/mol. The number of rotatable bonds is 3. The first-order chi connectivity index (χ1) is 9.14. The largest absolute Gasteiger partial charge is 0.398 e. The van der Waals surface area contributed by atoms with E-state index in [2.05, 4.69) is 10.1 Å². The third-order valence-electron chi connectivity index (χ3n) is 3.63. The predicted octanol–water partition coefficient (Wildman–Crippen LogP) is 2.48. The summed E-state index contributed by atoms with van der Waals surface area (Å²) < 4.78 is 23.9. The van der Waals surface area contributed by atoms with Crippen molar-refractivity contribution in [3.63, 3.8) is 0 Å². The number of hydrogen-bond donors (Lipinski definition) is 1. The van der Waals surface area contributed by atoms with Crippen molar-refractivity contribution in [3.05, 3.63) is 29.8 Å². The topological polar surface area (TPSA) is 74.2 Å². The number of ether oxygens (including phenoxy) is 1. The van der Waals surface area contributed by atoms with Crippen molar-refractivity contribution in [1.29, 1.82) is 0 Å². The Morgan fingerprint density at radius 3 is 2.84 bits per heavy atom. The van der Waals surface area contributed by atoms with E-state index in [1.807, 2.05) is 0 Å². The van der Waals surface area contributed by atoms with E-state index in [0.29, 0.717) is 17.1 Å². The predicted molar refractivity (Wildman–Crippen MR) is 66.6 cm³/mol. The van der Waals surface area contributed by atoms with Gasteiger partial charge < -0.3 is 15.0 Å². The van der Waals surface area contributed by atoms with Crippen molar-refractivity contribution in [1.82, 2.24) is 10.1 Å². The quantitative estimate of drug-likeness (QED) is 0.861. The Hall–Kier alpha value is -1.95. The van der Waals surface area contributed by atoms with Gasteiger partial charge >= 0.3 is 0 Å². The number of nitrogens with zero attached hydrogens (tertiary/aromatic N) is 2. The molecule has 0 unspecified atom stereocenters. The zero-order chi connectivity index (χ0) is 13.5. The van der Waals surface area contributed by atoms with E-state index in [-0.39, 0.29) is 5.89 Å². The van der Waals surface area contributed by atoms with E-state index < -0.39 is 11.4 Å². The molecule has 0 radical (unpaired) electrons. The minimum Gasteiger partial charge on any atom is -0.398 e. The smallest absolute Gasteiger partial charge is 0.260 e. The molecule has 1 aliphatic carbocycles. The Morgan fingerprint density at radius 2 is 2.21 bits per heavy atom. The lowest BCUT2D eigenvalue weighted by Crippen LogP contribution is -2.37. The van der Waals surface area contributed by atoms with Crippen molar-refractivity contribution in [2.75, 3.05) is 12.8 Å². The van der Waals surface area contributed by atoms with E-state index in [9.17, 15) is 4.39 Å². The lowest BCUT2D eigenvalue weighted by Gasteiger charge is -2.37. The summed E-state index contributed by atoms with van der Waals surface area (Å²) >= 11 is 0. The Balaban J connectivity index is 1.99. The highest BCUT2D eigenvalue weighted by Crippen LogP contribution is 2.43. The van der Waals surface area contributed by atoms with Crippen molar-refractivity contribution >= 4 is 5.69 Å². The van der Waals surface area contributed by atoms with Crippen molar-refractivity contribution in [2.24, 2.45) is 0 Å². The number of nitrogen functional groups attached to an aromatic ring is 1. The van der Waals surface area contributed by atoms with Gasteiger partial charge in [0.15, 0.2) is 0 Å². The Kier molecular flexibility index (Phi) is 2.74. The average molecular weight is 263 g/mol. The molecule has 0 amide bonds. The molecule has 19 heavy (non-hydrogen) atoms. The third-order valence-corrected chi connectivity index (χ3v) is 3.63. The maximum Gasteiger partial charge on any atom is 0.260 e. The van der Waals surface area contributed by atoms with Gasteiger partial charge in [-0.15, -0.1) is 0 Å². The van der Waals surface area contributed by atoms with Gasteiger partial charge in [0.2, 0.25) is 5.82 Å². The average Bonchev–Trinajstić information content (AvgIpc) is 2.81. The van der Waals surface area contributed by atoms with Gasteiger partial charge in [0.1, 0.15) is 11.4 Å². The fourth-order valence-electron chi connectivity index (χ4n) is 2.25. The van der Waals surface area contributed by atoms with Crippen LogP contribution in [-0.4, -0.2) is 17.3 Å². The van der Waals surface area contributed by atoms with Crippen LogP contribution in [0.3, 0.4) is 0 Å². The highest BCUT2D eigenvalue weighted by atomic mass is 19.1. The molecule has 0 bridgehead atoms. The molecule has 2 aromatic rings. The molecule has 1 aromatic heterocycles. The molecule has 0 atom stereocenters. The molecule has 100 valence electrons. The van der Waals surface area contributed by atoms with Crippen LogP contribution in [0.5, 0.6) is 0 Å². The Morgan fingerprint density at radius 1 is 1.42 bits per heavy atom. The zero-order valence-corrected chi connectivity index (χ0v) is 10.5. The number of nitrogens with two attached hydrogens (primary N) is 1. The molecular weight excluding hydrogens is 249 g/mol. The molecule has 1 heterocycles. The van der Waals surface area contributed by atoms with Crippen LogP contribution in [0.1, 0.15) is 25.1 Å². The number of anilines is 1. The molecule has 1 saturated carbocycles. The molecule has 1 aromatic carbocycles. The van der Waals surface area contributed by atoms with Crippen LogP contribution in [0.2, 0.25) is 0 Å². The molecular formula is C13H14FN3O2. The molecule has 6 heteroatoms.